The first-order valence-corrected chi connectivity index (χ1v) is 8.86. The number of nitrogens with zero attached hydrogens (tertiary/aromatic N) is 2. The van der Waals surface area contributed by atoms with Crippen molar-refractivity contribution in [2.24, 2.45) is 0 Å². The molecular formula is C16H16FN3O3S. The summed E-state index contributed by atoms with van der Waals surface area (Å²) in [5.74, 6) is -1.07. The summed E-state index contributed by atoms with van der Waals surface area (Å²) in [7, 11) is -3.91. The molecular weight excluding hydrogens is 333 g/mol. The van der Waals surface area contributed by atoms with Crippen LogP contribution in [0.2, 0.25) is 0 Å². The second kappa shape index (κ2) is 6.29. The molecule has 0 unspecified atom stereocenters. The van der Waals surface area contributed by atoms with Crippen molar-refractivity contribution in [2.45, 2.75) is 18.2 Å². The van der Waals surface area contributed by atoms with E-state index in [2.05, 4.69) is 10.3 Å². The Morgan fingerprint density at radius 2 is 2.00 bits per heavy atom. The molecule has 0 bridgehead atoms. The average Bonchev–Trinajstić information content (AvgIpc) is 2.45. The number of nitrogens with one attached hydrogen (secondary N) is 1. The highest BCUT2D eigenvalue weighted by Crippen LogP contribution is 2.24. The molecule has 1 aromatic carbocycles. The molecule has 0 spiro atoms. The minimum atomic E-state index is -3.91. The van der Waals surface area contributed by atoms with E-state index in [4.69, 9.17) is 0 Å². The molecule has 1 aromatic heterocycles. The zero-order chi connectivity index (χ0) is 17.3. The quantitative estimate of drug-likeness (QED) is 0.917. The maximum Gasteiger partial charge on any atom is 0.256 e. The number of sulfonamides is 1. The number of halogens is 1. The topological polar surface area (TPSA) is 79.4 Å². The van der Waals surface area contributed by atoms with Crippen molar-refractivity contribution in [1.29, 1.82) is 0 Å². The first-order valence-electron chi connectivity index (χ1n) is 7.42. The van der Waals surface area contributed by atoms with Gasteiger partial charge in [0.05, 0.1) is 0 Å². The first-order chi connectivity index (χ1) is 11.4. The number of aryl methyl sites for hydroxylation is 1. The standard InChI is InChI=1S/C16H16FN3O3S/c1-11-4-2-5-15(18-11)19-16(21)12-6-7-13(17)14(10-12)24(22,23)20-8-3-9-20/h2,4-7,10H,3,8-9H2,1H3,(H,18,19,21). The zero-order valence-electron chi connectivity index (χ0n) is 13.0. The molecule has 0 radical (unpaired) electrons. The van der Waals surface area contributed by atoms with Crippen LogP contribution in [0.15, 0.2) is 41.3 Å². The van der Waals surface area contributed by atoms with Crippen LogP contribution in [0.25, 0.3) is 0 Å². The van der Waals surface area contributed by atoms with Crippen LogP contribution in [0.5, 0.6) is 0 Å². The van der Waals surface area contributed by atoms with Gasteiger partial charge in [-0.1, -0.05) is 6.07 Å². The smallest absolute Gasteiger partial charge is 0.256 e. The highest BCUT2D eigenvalue weighted by atomic mass is 32.2. The van der Waals surface area contributed by atoms with Gasteiger partial charge >= 0.3 is 0 Å². The molecule has 0 saturated carbocycles. The lowest BCUT2D eigenvalue weighted by Gasteiger charge is -2.29. The minimum absolute atomic E-state index is 0.0544. The Morgan fingerprint density at radius 1 is 1.25 bits per heavy atom. The highest BCUT2D eigenvalue weighted by Gasteiger charge is 2.32. The van der Waals surface area contributed by atoms with E-state index in [-0.39, 0.29) is 5.56 Å². The van der Waals surface area contributed by atoms with Crippen LogP contribution in [-0.4, -0.2) is 36.7 Å². The van der Waals surface area contributed by atoms with Crippen molar-refractivity contribution in [1.82, 2.24) is 9.29 Å². The summed E-state index contributed by atoms with van der Waals surface area (Å²) in [5, 5.41) is 2.57. The molecule has 24 heavy (non-hydrogen) atoms. The van der Waals surface area contributed by atoms with E-state index in [9.17, 15) is 17.6 Å². The lowest BCUT2D eigenvalue weighted by Crippen LogP contribution is -2.42. The lowest BCUT2D eigenvalue weighted by molar-refractivity contribution is 0.102. The van der Waals surface area contributed by atoms with Gasteiger partial charge in [0.25, 0.3) is 5.91 Å². The molecule has 126 valence electrons. The molecule has 1 N–H and O–H groups in total. The summed E-state index contributed by atoms with van der Waals surface area (Å²) in [4.78, 5) is 16.0. The van der Waals surface area contributed by atoms with Gasteiger partial charge in [-0.3, -0.25) is 4.79 Å². The number of pyridine rings is 1. The van der Waals surface area contributed by atoms with Gasteiger partial charge in [-0.05, 0) is 43.7 Å². The molecule has 6 nitrogen and oxygen atoms in total. The fraction of sp³-hybridized carbons (Fsp3) is 0.250. The molecule has 2 heterocycles. The van der Waals surface area contributed by atoms with E-state index in [0.29, 0.717) is 18.9 Å². The molecule has 8 heteroatoms. The first kappa shape index (κ1) is 16.5. The van der Waals surface area contributed by atoms with Crippen molar-refractivity contribution in [3.8, 4) is 0 Å². The van der Waals surface area contributed by atoms with E-state index in [1.807, 2.05) is 0 Å². The Morgan fingerprint density at radius 3 is 2.62 bits per heavy atom. The van der Waals surface area contributed by atoms with Gasteiger partial charge in [0, 0.05) is 24.3 Å². The SMILES string of the molecule is Cc1cccc(NC(=O)c2ccc(F)c(S(=O)(=O)N3CCC3)c2)n1. The molecule has 0 aliphatic carbocycles. The number of aromatic nitrogens is 1. The second-order valence-corrected chi connectivity index (χ2v) is 7.43. The van der Waals surface area contributed by atoms with Crippen LogP contribution in [-0.2, 0) is 10.0 Å². The Hall–Kier alpha value is -2.32. The van der Waals surface area contributed by atoms with E-state index >= 15 is 0 Å². The minimum Gasteiger partial charge on any atom is -0.307 e. The van der Waals surface area contributed by atoms with Crippen molar-refractivity contribution in [3.05, 3.63) is 53.5 Å². The van der Waals surface area contributed by atoms with Gasteiger partial charge in [-0.2, -0.15) is 4.31 Å². The van der Waals surface area contributed by atoms with Crippen LogP contribution in [0, 0.1) is 12.7 Å². The molecule has 1 fully saturated rings. The van der Waals surface area contributed by atoms with E-state index in [1.165, 1.54) is 10.4 Å². The number of hydrogen-bond donors (Lipinski definition) is 1. The summed E-state index contributed by atoms with van der Waals surface area (Å²) in [6.45, 7) is 2.52. The molecule has 1 aliphatic rings. The third kappa shape index (κ3) is 3.15. The Bertz CT molecular complexity index is 895. The second-order valence-electron chi connectivity index (χ2n) is 5.52. The number of carbonyl (C=O) groups excluding carboxylic acids is 1. The van der Waals surface area contributed by atoms with Gasteiger partial charge in [0.2, 0.25) is 10.0 Å². The van der Waals surface area contributed by atoms with Gasteiger partial charge in [-0.25, -0.2) is 17.8 Å². The van der Waals surface area contributed by atoms with Crippen molar-refractivity contribution < 1.29 is 17.6 Å². The predicted molar refractivity (Wildman–Crippen MR) is 86.7 cm³/mol. The van der Waals surface area contributed by atoms with Gasteiger partial charge in [-0.15, -0.1) is 0 Å². The maximum absolute atomic E-state index is 14.0. The van der Waals surface area contributed by atoms with E-state index < -0.39 is 26.6 Å². The van der Waals surface area contributed by atoms with E-state index in [0.717, 1.165) is 24.2 Å². The van der Waals surface area contributed by atoms with E-state index in [1.54, 1.807) is 25.1 Å². The molecule has 2 aromatic rings. The van der Waals surface area contributed by atoms with Gasteiger partial charge in [0.1, 0.15) is 16.5 Å². The van der Waals surface area contributed by atoms with Crippen molar-refractivity contribution in [2.75, 3.05) is 18.4 Å². The van der Waals surface area contributed by atoms with Crippen LogP contribution in [0.4, 0.5) is 10.2 Å². The number of rotatable bonds is 4. The number of hydrogen-bond acceptors (Lipinski definition) is 4. The van der Waals surface area contributed by atoms with Gasteiger partial charge in [0.15, 0.2) is 0 Å². The summed E-state index contributed by atoms with van der Waals surface area (Å²) in [6, 6.07) is 8.44. The molecule has 1 saturated heterocycles. The Balaban J connectivity index is 1.89. The fourth-order valence-corrected chi connectivity index (χ4v) is 3.92. The maximum atomic E-state index is 14.0. The Labute approximate surface area is 139 Å². The monoisotopic (exact) mass is 349 g/mol. The Kier molecular flexibility index (Phi) is 4.33. The van der Waals surface area contributed by atoms with Crippen LogP contribution in [0.1, 0.15) is 22.5 Å². The fourth-order valence-electron chi connectivity index (χ4n) is 2.31. The largest absolute Gasteiger partial charge is 0.307 e. The van der Waals surface area contributed by atoms with Crippen molar-refractivity contribution in [3.63, 3.8) is 0 Å². The summed E-state index contributed by atoms with van der Waals surface area (Å²) in [6.07, 6.45) is 0.750. The number of amides is 1. The molecule has 1 amide bonds. The highest BCUT2D eigenvalue weighted by molar-refractivity contribution is 7.89. The predicted octanol–water partition coefficient (Wildman–Crippen LogP) is 2.18. The average molecular weight is 349 g/mol. The molecule has 0 atom stereocenters. The zero-order valence-corrected chi connectivity index (χ0v) is 13.8. The number of carbonyl (C=O) groups is 1. The van der Waals surface area contributed by atoms with Crippen molar-refractivity contribution >= 4 is 21.7 Å². The number of benzene rings is 1. The summed E-state index contributed by atoms with van der Waals surface area (Å²) >= 11 is 0. The third-order valence-corrected chi connectivity index (χ3v) is 5.67. The van der Waals surface area contributed by atoms with Crippen LogP contribution >= 0.6 is 0 Å². The lowest BCUT2D eigenvalue weighted by atomic mass is 10.2. The molecule has 1 aliphatic heterocycles. The summed E-state index contributed by atoms with van der Waals surface area (Å²) in [5.41, 5.74) is 0.784. The normalized spacial score (nSPS) is 14.9. The number of anilines is 1. The van der Waals surface area contributed by atoms with Crippen LogP contribution < -0.4 is 5.32 Å². The van der Waals surface area contributed by atoms with Gasteiger partial charge < -0.3 is 5.32 Å². The molecule has 3 rings (SSSR count). The summed E-state index contributed by atoms with van der Waals surface area (Å²) < 4.78 is 39.9. The van der Waals surface area contributed by atoms with Crippen LogP contribution in [0.3, 0.4) is 0 Å². The third-order valence-electron chi connectivity index (χ3n) is 3.76.